The van der Waals surface area contributed by atoms with Crippen molar-refractivity contribution in [3.63, 3.8) is 0 Å². The summed E-state index contributed by atoms with van der Waals surface area (Å²) < 4.78 is 0. The molecule has 0 fully saturated rings. The average molecular weight is 125 g/mol. The Bertz CT molecular complexity index is 33.3. The van der Waals surface area contributed by atoms with Crippen LogP contribution < -0.4 is 0 Å². The van der Waals surface area contributed by atoms with E-state index in [-0.39, 0.29) is 0 Å². The molecule has 0 nitrogen and oxygen atoms in total. The second kappa shape index (κ2) is 8.00. The lowest BCUT2D eigenvalue weighted by atomic mass is 10.1. The van der Waals surface area contributed by atoms with Crippen LogP contribution in [0.2, 0.25) is 0 Å². The zero-order chi connectivity index (χ0) is 6.95. The molecule has 0 saturated carbocycles. The predicted molar refractivity (Wildman–Crippen MR) is 42.7 cm³/mol. The van der Waals surface area contributed by atoms with Crippen LogP contribution in [0.4, 0.5) is 0 Å². The van der Waals surface area contributed by atoms with Crippen LogP contribution >= 0.6 is 0 Å². The van der Waals surface area contributed by atoms with E-state index in [1.807, 2.05) is 0 Å². The van der Waals surface area contributed by atoms with Crippen LogP contribution in [0.5, 0.6) is 0 Å². The normalized spacial score (nSPS) is 10.0. The molecule has 0 heteroatoms. The van der Waals surface area contributed by atoms with Gasteiger partial charge >= 0.3 is 0 Å². The second-order valence-corrected chi connectivity index (χ2v) is 2.28. The lowest BCUT2D eigenvalue weighted by Gasteiger charge is -1.95. The standard InChI is InChI=1S/C9H17/c1-3-5-7-9-8-6-4-2/h5H,1-4,6-9H2. The first-order valence-corrected chi connectivity index (χ1v) is 3.82. The van der Waals surface area contributed by atoms with Crippen molar-refractivity contribution in [2.24, 2.45) is 0 Å². The van der Waals surface area contributed by atoms with Crippen LogP contribution in [-0.4, -0.2) is 0 Å². The van der Waals surface area contributed by atoms with Gasteiger partial charge in [0.1, 0.15) is 0 Å². The molecule has 9 heavy (non-hydrogen) atoms. The first kappa shape index (κ1) is 9.00. The molecule has 0 aliphatic rings. The van der Waals surface area contributed by atoms with Crippen LogP contribution in [0, 0.1) is 20.3 Å². The van der Waals surface area contributed by atoms with Gasteiger partial charge in [-0.25, -0.2) is 0 Å². The zero-order valence-corrected chi connectivity index (χ0v) is 6.23. The van der Waals surface area contributed by atoms with Gasteiger partial charge in [-0.1, -0.05) is 52.4 Å². The molecule has 0 bridgehead atoms. The highest BCUT2D eigenvalue weighted by Gasteiger charge is 1.86. The van der Waals surface area contributed by atoms with Crippen molar-refractivity contribution in [2.75, 3.05) is 0 Å². The fourth-order valence-corrected chi connectivity index (χ4v) is 0.787. The van der Waals surface area contributed by atoms with Gasteiger partial charge in [0.2, 0.25) is 0 Å². The first-order chi connectivity index (χ1) is 4.41. The van der Waals surface area contributed by atoms with Crippen molar-refractivity contribution in [3.8, 4) is 0 Å². The highest BCUT2D eigenvalue weighted by atomic mass is 13.9. The summed E-state index contributed by atoms with van der Waals surface area (Å²) >= 11 is 0. The second-order valence-electron chi connectivity index (χ2n) is 2.28. The largest absolute Gasteiger partial charge is 0.0533 e. The molecule has 53 valence electrons. The van der Waals surface area contributed by atoms with E-state index in [1.54, 1.807) is 0 Å². The number of hydrogen-bond acceptors (Lipinski definition) is 0. The summed E-state index contributed by atoms with van der Waals surface area (Å²) in [6.07, 6.45) is 9.48. The molecule has 0 amide bonds. The van der Waals surface area contributed by atoms with Gasteiger partial charge in [0.05, 0.1) is 0 Å². The summed E-state index contributed by atoms with van der Waals surface area (Å²) in [6, 6.07) is 0. The molecule has 3 radical (unpaired) electrons. The number of unbranched alkanes of at least 4 members (excludes halogenated alkanes) is 6. The molecular formula is C9H17. The Morgan fingerprint density at radius 2 is 1.78 bits per heavy atom. The van der Waals surface area contributed by atoms with Crippen molar-refractivity contribution in [3.05, 3.63) is 20.3 Å². The maximum absolute atomic E-state index is 3.78. The van der Waals surface area contributed by atoms with E-state index in [0.29, 0.717) is 0 Å². The minimum absolute atomic E-state index is 0.977. The Labute approximate surface area is 59.7 Å². The number of hydrogen-bond donors (Lipinski definition) is 0. The molecule has 0 N–H and O–H groups in total. The van der Waals surface area contributed by atoms with Crippen molar-refractivity contribution >= 4 is 0 Å². The summed E-state index contributed by atoms with van der Waals surface area (Å²) in [5, 5.41) is 0. The predicted octanol–water partition coefficient (Wildman–Crippen LogP) is 3.20. The molecule has 0 aromatic rings. The zero-order valence-electron chi connectivity index (χ0n) is 6.23. The Balaban J connectivity index is 2.60. The van der Waals surface area contributed by atoms with Crippen molar-refractivity contribution in [2.45, 2.75) is 38.5 Å². The van der Waals surface area contributed by atoms with Crippen LogP contribution in [0.25, 0.3) is 0 Å². The summed E-state index contributed by atoms with van der Waals surface area (Å²) in [4.78, 5) is 0. The van der Waals surface area contributed by atoms with Crippen molar-refractivity contribution in [1.29, 1.82) is 0 Å². The molecule has 0 atom stereocenters. The topological polar surface area (TPSA) is 0 Å². The van der Waals surface area contributed by atoms with Gasteiger partial charge in [-0.3, -0.25) is 0 Å². The molecule has 0 aromatic carbocycles. The summed E-state index contributed by atoms with van der Waals surface area (Å²) in [5.41, 5.74) is 0. The van der Waals surface area contributed by atoms with Gasteiger partial charge in [0.15, 0.2) is 0 Å². The summed E-state index contributed by atoms with van der Waals surface area (Å²) in [5.74, 6) is 0. The minimum atomic E-state index is 0.977. The number of rotatable bonds is 6. The fraction of sp³-hybridized carbons (Fsp3) is 0.667. The van der Waals surface area contributed by atoms with Crippen LogP contribution in [-0.2, 0) is 0 Å². The van der Waals surface area contributed by atoms with Crippen LogP contribution in [0.1, 0.15) is 38.5 Å². The highest BCUT2D eigenvalue weighted by molar-refractivity contribution is 4.64. The third kappa shape index (κ3) is 8.00. The van der Waals surface area contributed by atoms with Gasteiger partial charge in [0, 0.05) is 0 Å². The molecule has 0 aromatic heterocycles. The lowest BCUT2D eigenvalue weighted by molar-refractivity contribution is 0.675. The smallest absolute Gasteiger partial charge is 0.0386 e. The Hall–Kier alpha value is 0. The highest BCUT2D eigenvalue weighted by Crippen LogP contribution is 2.04. The van der Waals surface area contributed by atoms with E-state index in [4.69, 9.17) is 0 Å². The molecule has 0 rings (SSSR count). The lowest BCUT2D eigenvalue weighted by Crippen LogP contribution is -1.77. The Morgan fingerprint density at radius 1 is 1.00 bits per heavy atom. The van der Waals surface area contributed by atoms with Crippen molar-refractivity contribution < 1.29 is 0 Å². The van der Waals surface area contributed by atoms with Crippen molar-refractivity contribution in [1.82, 2.24) is 0 Å². The minimum Gasteiger partial charge on any atom is -0.0533 e. The van der Waals surface area contributed by atoms with E-state index in [1.165, 1.54) is 25.7 Å². The third-order valence-corrected chi connectivity index (χ3v) is 1.36. The Kier molecular flexibility index (Phi) is 8.00. The van der Waals surface area contributed by atoms with E-state index in [9.17, 15) is 0 Å². The van der Waals surface area contributed by atoms with Gasteiger partial charge in [0.25, 0.3) is 0 Å². The average Bonchev–Trinajstić information content (AvgIpc) is 1.89. The Morgan fingerprint density at radius 3 is 2.33 bits per heavy atom. The molecule has 0 aliphatic carbocycles. The third-order valence-electron chi connectivity index (χ3n) is 1.36. The SMILES string of the molecule is [CH2]C[CH]CCCCC[CH2]. The van der Waals surface area contributed by atoms with E-state index in [2.05, 4.69) is 20.3 Å². The van der Waals surface area contributed by atoms with Gasteiger partial charge in [-0.2, -0.15) is 0 Å². The molecule has 0 aliphatic heterocycles. The molecule has 0 saturated heterocycles. The quantitative estimate of drug-likeness (QED) is 0.478. The molecular weight excluding hydrogens is 108 g/mol. The molecule has 0 unspecified atom stereocenters. The van der Waals surface area contributed by atoms with Gasteiger partial charge in [-0.05, 0) is 6.42 Å². The van der Waals surface area contributed by atoms with Gasteiger partial charge in [-0.15, -0.1) is 0 Å². The van der Waals surface area contributed by atoms with E-state index < -0.39 is 0 Å². The van der Waals surface area contributed by atoms with E-state index >= 15 is 0 Å². The van der Waals surface area contributed by atoms with Crippen LogP contribution in [0.15, 0.2) is 0 Å². The maximum Gasteiger partial charge on any atom is -0.0386 e. The van der Waals surface area contributed by atoms with Gasteiger partial charge < -0.3 is 0 Å². The summed E-state index contributed by atoms with van der Waals surface area (Å²) in [6.45, 7) is 7.52. The molecule has 0 spiro atoms. The fourth-order valence-electron chi connectivity index (χ4n) is 0.787. The molecule has 0 heterocycles. The van der Waals surface area contributed by atoms with Crippen LogP contribution in [0.3, 0.4) is 0 Å². The summed E-state index contributed by atoms with van der Waals surface area (Å²) in [7, 11) is 0. The monoisotopic (exact) mass is 125 g/mol. The maximum atomic E-state index is 3.78. The van der Waals surface area contributed by atoms with E-state index in [0.717, 1.165) is 12.8 Å². The first-order valence-electron chi connectivity index (χ1n) is 3.82.